The van der Waals surface area contributed by atoms with Gasteiger partial charge in [0.05, 0.1) is 0 Å². The molecule has 0 aliphatic carbocycles. The van der Waals surface area contributed by atoms with E-state index in [0.717, 1.165) is 0 Å². The summed E-state index contributed by atoms with van der Waals surface area (Å²) < 4.78 is 17.6. The molecule has 0 bridgehead atoms. The lowest BCUT2D eigenvalue weighted by atomic mass is 11.0. The molecule has 0 unspecified atom stereocenters. The van der Waals surface area contributed by atoms with Crippen LogP contribution in [0.5, 0.6) is 0 Å². The van der Waals surface area contributed by atoms with Crippen molar-refractivity contribution in [1.29, 1.82) is 0 Å². The first kappa shape index (κ1) is 14.5. The Bertz CT molecular complexity index is 147. The number of hydrogen-bond donors (Lipinski definition) is 0. The van der Waals surface area contributed by atoms with Gasteiger partial charge in [-0.1, -0.05) is 13.8 Å². The molecule has 0 amide bonds. The standard InChI is InChI=1S/C6H18O3Si3.C2H5/c1-10(2)7-11(3,4)9-12(5,6)8-10;1-2/h1-6H3;1H2,2H3. The molecule has 6 heteroatoms. The van der Waals surface area contributed by atoms with Crippen molar-refractivity contribution >= 4 is 25.7 Å². The summed E-state index contributed by atoms with van der Waals surface area (Å²) in [5, 5.41) is 0. The van der Waals surface area contributed by atoms with E-state index in [1.807, 2.05) is 0 Å². The third kappa shape index (κ3) is 4.85. The Labute approximate surface area is 91.5 Å². The van der Waals surface area contributed by atoms with E-state index in [1.165, 1.54) is 0 Å². The quantitative estimate of drug-likeness (QED) is 0.620. The molecule has 0 saturated carbocycles. The zero-order valence-electron chi connectivity index (χ0n) is 10.4. The van der Waals surface area contributed by atoms with Gasteiger partial charge >= 0.3 is 25.7 Å². The minimum atomic E-state index is -1.86. The lowest BCUT2D eigenvalue weighted by Crippen LogP contribution is -2.64. The second kappa shape index (κ2) is 4.58. The second-order valence-corrected chi connectivity index (χ2v) is 15.4. The highest BCUT2D eigenvalue weighted by Crippen LogP contribution is 2.29. The van der Waals surface area contributed by atoms with Crippen LogP contribution in [0.2, 0.25) is 39.3 Å². The predicted octanol–water partition coefficient (Wildman–Crippen LogP) is 3.00. The normalized spacial score (nSPS) is 27.4. The Morgan fingerprint density at radius 2 is 0.714 bits per heavy atom. The van der Waals surface area contributed by atoms with Crippen LogP contribution < -0.4 is 0 Å². The van der Waals surface area contributed by atoms with Crippen LogP contribution in [0.25, 0.3) is 0 Å². The molecule has 1 aliphatic rings. The van der Waals surface area contributed by atoms with Crippen LogP contribution in [0.4, 0.5) is 0 Å². The molecule has 0 spiro atoms. The van der Waals surface area contributed by atoms with Crippen LogP contribution in [0.3, 0.4) is 0 Å². The maximum absolute atomic E-state index is 5.86. The molecule has 1 heterocycles. The minimum Gasteiger partial charge on any atom is -0.416 e. The van der Waals surface area contributed by atoms with Crippen LogP contribution in [-0.2, 0) is 12.3 Å². The molecule has 85 valence electrons. The van der Waals surface area contributed by atoms with Gasteiger partial charge in [-0.3, -0.25) is 0 Å². The van der Waals surface area contributed by atoms with Crippen LogP contribution in [0, 0.1) is 6.92 Å². The van der Waals surface area contributed by atoms with Crippen LogP contribution in [0.15, 0.2) is 0 Å². The third-order valence-electron chi connectivity index (χ3n) is 1.47. The third-order valence-corrected chi connectivity index (χ3v) is 13.3. The monoisotopic (exact) mass is 251 g/mol. The first-order valence-corrected chi connectivity index (χ1v) is 13.4. The van der Waals surface area contributed by atoms with Crippen molar-refractivity contribution in [2.75, 3.05) is 0 Å². The number of rotatable bonds is 0. The molecule has 3 nitrogen and oxygen atoms in total. The van der Waals surface area contributed by atoms with E-state index in [9.17, 15) is 0 Å². The summed E-state index contributed by atoms with van der Waals surface area (Å²) in [4.78, 5) is 0. The van der Waals surface area contributed by atoms with Gasteiger partial charge in [-0.25, -0.2) is 0 Å². The van der Waals surface area contributed by atoms with Crippen molar-refractivity contribution in [3.8, 4) is 0 Å². The fraction of sp³-hybridized carbons (Fsp3) is 0.875. The lowest BCUT2D eigenvalue weighted by molar-refractivity contribution is 0.238. The van der Waals surface area contributed by atoms with Gasteiger partial charge in [-0.2, -0.15) is 0 Å². The summed E-state index contributed by atoms with van der Waals surface area (Å²) in [5.41, 5.74) is 0. The molecular weight excluding hydrogens is 228 g/mol. The molecule has 1 rings (SSSR count). The van der Waals surface area contributed by atoms with Gasteiger partial charge in [0.25, 0.3) is 0 Å². The van der Waals surface area contributed by atoms with E-state index in [-0.39, 0.29) is 0 Å². The predicted molar refractivity (Wildman–Crippen MR) is 66.7 cm³/mol. The largest absolute Gasteiger partial charge is 0.416 e. The SMILES string of the molecule is C[Si]1(C)O[Si](C)(C)O[Si](C)(C)O1.[CH2]C. The maximum Gasteiger partial charge on any atom is 0.314 e. The zero-order valence-corrected chi connectivity index (χ0v) is 13.4. The van der Waals surface area contributed by atoms with Gasteiger partial charge in [0.1, 0.15) is 0 Å². The van der Waals surface area contributed by atoms with E-state index in [0.29, 0.717) is 0 Å². The summed E-state index contributed by atoms with van der Waals surface area (Å²) in [5.74, 6) is 0. The second-order valence-electron chi connectivity index (χ2n) is 4.51. The van der Waals surface area contributed by atoms with Crippen molar-refractivity contribution in [1.82, 2.24) is 0 Å². The van der Waals surface area contributed by atoms with Gasteiger partial charge in [0.2, 0.25) is 0 Å². The van der Waals surface area contributed by atoms with E-state index in [2.05, 4.69) is 46.2 Å². The molecule has 0 N–H and O–H groups in total. The molecule has 0 aromatic carbocycles. The average Bonchev–Trinajstić information content (AvgIpc) is 1.79. The molecule has 1 saturated heterocycles. The summed E-state index contributed by atoms with van der Waals surface area (Å²) in [6, 6.07) is 0. The lowest BCUT2D eigenvalue weighted by Gasteiger charge is -2.46. The zero-order chi connectivity index (χ0) is 11.6. The van der Waals surface area contributed by atoms with Gasteiger partial charge < -0.3 is 12.3 Å². The van der Waals surface area contributed by atoms with Crippen LogP contribution >= 0.6 is 0 Å². The van der Waals surface area contributed by atoms with E-state index < -0.39 is 25.7 Å². The van der Waals surface area contributed by atoms with E-state index in [4.69, 9.17) is 12.3 Å². The molecule has 1 radical (unpaired) electrons. The fourth-order valence-electron chi connectivity index (χ4n) is 1.84. The van der Waals surface area contributed by atoms with E-state index >= 15 is 0 Å². The molecule has 14 heavy (non-hydrogen) atoms. The molecule has 0 atom stereocenters. The van der Waals surface area contributed by atoms with Crippen molar-refractivity contribution in [3.05, 3.63) is 6.92 Å². The molecule has 0 aromatic rings. The molecule has 1 fully saturated rings. The fourth-order valence-corrected chi connectivity index (χ4v) is 17.7. The van der Waals surface area contributed by atoms with Gasteiger partial charge in [-0.05, 0) is 39.3 Å². The van der Waals surface area contributed by atoms with Gasteiger partial charge in [0, 0.05) is 0 Å². The summed E-state index contributed by atoms with van der Waals surface area (Å²) in [6.07, 6.45) is 0. The topological polar surface area (TPSA) is 27.7 Å². The Kier molecular flexibility index (Phi) is 4.76. The molecular formula is C8H23O3Si3. The Hall–Kier alpha value is 0.531. The van der Waals surface area contributed by atoms with Crippen molar-refractivity contribution in [2.24, 2.45) is 0 Å². The maximum atomic E-state index is 5.86. The summed E-state index contributed by atoms with van der Waals surface area (Å²) in [7, 11) is -5.59. The Morgan fingerprint density at radius 3 is 0.857 bits per heavy atom. The molecule has 0 aromatic heterocycles. The van der Waals surface area contributed by atoms with Gasteiger partial charge in [0.15, 0.2) is 0 Å². The summed E-state index contributed by atoms with van der Waals surface area (Å²) in [6.45, 7) is 17.6. The van der Waals surface area contributed by atoms with Gasteiger partial charge in [-0.15, -0.1) is 0 Å². The Balaban J connectivity index is 0.000000791. The Morgan fingerprint density at radius 1 is 0.571 bits per heavy atom. The van der Waals surface area contributed by atoms with Crippen molar-refractivity contribution < 1.29 is 12.3 Å². The first-order valence-electron chi connectivity index (χ1n) is 4.93. The average molecular weight is 252 g/mol. The first-order chi connectivity index (χ1) is 6.12. The smallest absolute Gasteiger partial charge is 0.314 e. The van der Waals surface area contributed by atoms with Crippen LogP contribution in [-0.4, -0.2) is 25.7 Å². The highest BCUT2D eigenvalue weighted by atomic mass is 28.5. The highest BCUT2D eigenvalue weighted by molar-refractivity contribution is 6.92. The van der Waals surface area contributed by atoms with Crippen molar-refractivity contribution in [3.63, 3.8) is 0 Å². The molecule has 1 aliphatic heterocycles. The van der Waals surface area contributed by atoms with Crippen molar-refractivity contribution in [2.45, 2.75) is 46.2 Å². The van der Waals surface area contributed by atoms with E-state index in [1.54, 1.807) is 6.92 Å². The summed E-state index contributed by atoms with van der Waals surface area (Å²) >= 11 is 0. The highest BCUT2D eigenvalue weighted by Gasteiger charge is 2.49. The minimum absolute atomic E-state index is 1.75. The van der Waals surface area contributed by atoms with Crippen LogP contribution in [0.1, 0.15) is 6.92 Å². The number of hydrogen-bond acceptors (Lipinski definition) is 3.